The summed E-state index contributed by atoms with van der Waals surface area (Å²) in [5, 5.41) is 3.73. The lowest BCUT2D eigenvalue weighted by atomic mass is 10.4. The maximum Gasteiger partial charge on any atom is 0.320 e. The van der Waals surface area contributed by atoms with Crippen molar-refractivity contribution in [3.63, 3.8) is 0 Å². The summed E-state index contributed by atoms with van der Waals surface area (Å²) in [6.07, 6.45) is -1.53. The van der Waals surface area contributed by atoms with Gasteiger partial charge < -0.3 is 0 Å². The number of rotatable bonds is 5. The molecule has 2 heterocycles. The van der Waals surface area contributed by atoms with E-state index in [-0.39, 0.29) is 10.4 Å². The average Bonchev–Trinajstić information content (AvgIpc) is 2.81. The second kappa shape index (κ2) is 5.02. The van der Waals surface area contributed by atoms with Gasteiger partial charge in [-0.25, -0.2) is 26.4 Å². The molecule has 1 N–H and O–H groups in total. The standard InChI is InChI=1S/C10H9F4N3O2S/c11-9(12)10(13,14)6-16-20(18,19)8-5-15-17-4-2-1-3-7(8)17/h1-5,9,16H,6H2. The molecule has 0 saturated heterocycles. The van der Waals surface area contributed by atoms with Crippen molar-refractivity contribution in [2.45, 2.75) is 17.2 Å². The van der Waals surface area contributed by atoms with E-state index in [9.17, 15) is 26.0 Å². The summed E-state index contributed by atoms with van der Waals surface area (Å²) in [4.78, 5) is -0.358. The van der Waals surface area contributed by atoms with Crippen LogP contribution in [0.1, 0.15) is 0 Å². The van der Waals surface area contributed by atoms with Crippen LogP contribution in [0.25, 0.3) is 5.52 Å². The highest BCUT2D eigenvalue weighted by Crippen LogP contribution is 2.23. The topological polar surface area (TPSA) is 63.5 Å². The Morgan fingerprint density at radius 3 is 2.70 bits per heavy atom. The van der Waals surface area contributed by atoms with Crippen molar-refractivity contribution < 1.29 is 26.0 Å². The molecule has 5 nitrogen and oxygen atoms in total. The first kappa shape index (κ1) is 14.7. The molecule has 2 rings (SSSR count). The number of hydrogen-bond acceptors (Lipinski definition) is 3. The van der Waals surface area contributed by atoms with E-state index in [0.29, 0.717) is 0 Å². The monoisotopic (exact) mass is 311 g/mol. The Labute approximate surface area is 111 Å². The Bertz CT molecular complexity index is 714. The summed E-state index contributed by atoms with van der Waals surface area (Å²) >= 11 is 0. The summed E-state index contributed by atoms with van der Waals surface area (Å²) in [7, 11) is -4.36. The number of nitrogens with one attached hydrogen (secondary N) is 1. The van der Waals surface area contributed by atoms with Gasteiger partial charge in [0.25, 0.3) is 0 Å². The number of pyridine rings is 1. The number of hydrogen-bond donors (Lipinski definition) is 1. The Morgan fingerprint density at radius 1 is 1.35 bits per heavy atom. The van der Waals surface area contributed by atoms with Crippen LogP contribution in [0.15, 0.2) is 35.5 Å². The van der Waals surface area contributed by atoms with Crippen molar-refractivity contribution >= 4 is 15.5 Å². The van der Waals surface area contributed by atoms with Crippen LogP contribution in [0.5, 0.6) is 0 Å². The molecule has 0 saturated carbocycles. The molecule has 2 aromatic heterocycles. The molecular weight excluding hydrogens is 302 g/mol. The van der Waals surface area contributed by atoms with Crippen molar-refractivity contribution in [1.82, 2.24) is 14.3 Å². The normalized spacial score (nSPS) is 13.2. The third-order valence-corrected chi connectivity index (χ3v) is 3.92. The van der Waals surface area contributed by atoms with Crippen LogP contribution in [0.2, 0.25) is 0 Å². The summed E-state index contributed by atoms with van der Waals surface area (Å²) < 4.78 is 75.8. The minimum atomic E-state index is -4.43. The van der Waals surface area contributed by atoms with Gasteiger partial charge in [0.15, 0.2) is 0 Å². The predicted molar refractivity (Wildman–Crippen MR) is 61.3 cm³/mol. The van der Waals surface area contributed by atoms with Gasteiger partial charge in [0.05, 0.1) is 18.3 Å². The zero-order chi connectivity index (χ0) is 15.0. The van der Waals surface area contributed by atoms with Crippen LogP contribution >= 0.6 is 0 Å². The largest absolute Gasteiger partial charge is 0.320 e. The first-order valence-electron chi connectivity index (χ1n) is 5.32. The van der Waals surface area contributed by atoms with Gasteiger partial charge in [0, 0.05) is 6.20 Å². The summed E-state index contributed by atoms with van der Waals surface area (Å²) in [6, 6.07) is 4.53. The molecular formula is C10H9F4N3O2S. The molecule has 2 aromatic rings. The number of sulfonamides is 1. The zero-order valence-corrected chi connectivity index (χ0v) is 10.6. The average molecular weight is 311 g/mol. The first-order valence-corrected chi connectivity index (χ1v) is 6.80. The van der Waals surface area contributed by atoms with Crippen LogP contribution in [0.3, 0.4) is 0 Å². The Morgan fingerprint density at radius 2 is 2.05 bits per heavy atom. The smallest absolute Gasteiger partial charge is 0.240 e. The van der Waals surface area contributed by atoms with Gasteiger partial charge in [-0.15, -0.1) is 0 Å². The van der Waals surface area contributed by atoms with E-state index < -0.39 is 28.9 Å². The van der Waals surface area contributed by atoms with Crippen LogP contribution in [0, 0.1) is 0 Å². The van der Waals surface area contributed by atoms with Crippen molar-refractivity contribution in [2.75, 3.05) is 6.54 Å². The second-order valence-electron chi connectivity index (χ2n) is 3.93. The van der Waals surface area contributed by atoms with Gasteiger partial charge in [0.1, 0.15) is 4.90 Å². The highest BCUT2D eigenvalue weighted by molar-refractivity contribution is 7.89. The minimum absolute atomic E-state index is 0.153. The fourth-order valence-corrected chi connectivity index (χ4v) is 2.63. The van der Waals surface area contributed by atoms with Crippen molar-refractivity contribution in [2.24, 2.45) is 0 Å². The number of halogens is 4. The maximum atomic E-state index is 12.7. The third kappa shape index (κ3) is 2.75. The molecule has 0 amide bonds. The van der Waals surface area contributed by atoms with E-state index in [1.807, 2.05) is 0 Å². The van der Waals surface area contributed by atoms with Gasteiger partial charge in [0.2, 0.25) is 10.0 Å². The highest BCUT2D eigenvalue weighted by Gasteiger charge is 2.41. The van der Waals surface area contributed by atoms with Crippen molar-refractivity contribution in [3.05, 3.63) is 30.6 Å². The zero-order valence-electron chi connectivity index (χ0n) is 9.80. The minimum Gasteiger partial charge on any atom is -0.240 e. The van der Waals surface area contributed by atoms with Gasteiger partial charge in [-0.1, -0.05) is 6.07 Å². The van der Waals surface area contributed by atoms with E-state index in [0.717, 1.165) is 6.20 Å². The van der Waals surface area contributed by atoms with Gasteiger partial charge in [-0.05, 0) is 12.1 Å². The van der Waals surface area contributed by atoms with Crippen LogP contribution in [-0.4, -0.2) is 36.9 Å². The molecule has 0 aliphatic carbocycles. The Balaban J connectivity index is 2.28. The van der Waals surface area contributed by atoms with Crippen LogP contribution in [0.4, 0.5) is 17.6 Å². The van der Waals surface area contributed by atoms with Gasteiger partial charge >= 0.3 is 12.3 Å². The first-order chi connectivity index (χ1) is 9.24. The third-order valence-electron chi connectivity index (χ3n) is 2.50. The number of alkyl halides is 4. The lowest BCUT2D eigenvalue weighted by Crippen LogP contribution is -2.41. The van der Waals surface area contributed by atoms with E-state index >= 15 is 0 Å². The molecule has 0 aromatic carbocycles. The number of aromatic nitrogens is 2. The van der Waals surface area contributed by atoms with Crippen molar-refractivity contribution in [1.29, 1.82) is 0 Å². The molecule has 10 heteroatoms. The number of nitrogens with zero attached hydrogens (tertiary/aromatic N) is 2. The van der Waals surface area contributed by atoms with E-state index in [1.165, 1.54) is 27.6 Å². The Kier molecular flexibility index (Phi) is 3.69. The lowest BCUT2D eigenvalue weighted by Gasteiger charge is -2.15. The number of fused-ring (bicyclic) bond motifs is 1. The van der Waals surface area contributed by atoms with Crippen LogP contribution < -0.4 is 4.72 Å². The molecule has 0 aliphatic heterocycles. The van der Waals surface area contributed by atoms with E-state index in [2.05, 4.69) is 5.10 Å². The molecule has 0 bridgehead atoms. The summed E-state index contributed by atoms with van der Waals surface area (Å²) in [6.45, 7) is -1.68. The molecule has 0 spiro atoms. The molecule has 20 heavy (non-hydrogen) atoms. The second-order valence-corrected chi connectivity index (χ2v) is 5.66. The predicted octanol–water partition coefficient (Wildman–Crippen LogP) is 1.51. The van der Waals surface area contributed by atoms with Crippen molar-refractivity contribution in [3.8, 4) is 0 Å². The maximum absolute atomic E-state index is 12.7. The fraction of sp³-hybridized carbons (Fsp3) is 0.300. The van der Waals surface area contributed by atoms with Gasteiger partial charge in [-0.2, -0.15) is 13.9 Å². The van der Waals surface area contributed by atoms with Gasteiger partial charge in [-0.3, -0.25) is 0 Å². The molecule has 0 radical (unpaired) electrons. The fourth-order valence-electron chi connectivity index (χ4n) is 1.46. The van der Waals surface area contributed by atoms with Crippen LogP contribution in [-0.2, 0) is 10.0 Å². The van der Waals surface area contributed by atoms with E-state index in [4.69, 9.17) is 0 Å². The summed E-state index contributed by atoms with van der Waals surface area (Å²) in [5.41, 5.74) is 0.153. The molecule has 0 aliphatic rings. The van der Waals surface area contributed by atoms with E-state index in [1.54, 1.807) is 6.07 Å². The Hall–Kier alpha value is -1.68. The lowest BCUT2D eigenvalue weighted by molar-refractivity contribution is -0.122. The molecule has 110 valence electrons. The molecule has 0 fully saturated rings. The highest BCUT2D eigenvalue weighted by atomic mass is 32.2. The molecule has 0 atom stereocenters. The molecule has 0 unspecified atom stereocenters. The quantitative estimate of drug-likeness (QED) is 0.852. The SMILES string of the molecule is O=S(=O)(NCC(F)(F)C(F)F)c1cnn2ccccc12. The summed E-state index contributed by atoms with van der Waals surface area (Å²) in [5.74, 6) is -4.43.